The van der Waals surface area contributed by atoms with Crippen molar-refractivity contribution in [3.63, 3.8) is 0 Å². The number of ether oxygens (including phenoxy) is 2. The molecule has 2 N–H and O–H groups in total. The molecule has 1 aliphatic rings. The van der Waals surface area contributed by atoms with Gasteiger partial charge in [0.05, 0.1) is 13.7 Å². The van der Waals surface area contributed by atoms with Crippen LogP contribution in [0.4, 0.5) is 14.5 Å². The van der Waals surface area contributed by atoms with E-state index in [1.807, 2.05) is 0 Å². The van der Waals surface area contributed by atoms with Gasteiger partial charge in [0.25, 0.3) is 5.92 Å². The maximum Gasteiger partial charge on any atom is 0.261 e. The lowest BCUT2D eigenvalue weighted by atomic mass is 10.3. The Bertz CT molecular complexity index is 441. The van der Waals surface area contributed by atoms with Gasteiger partial charge < -0.3 is 15.2 Å². The lowest BCUT2D eigenvalue weighted by molar-refractivity contribution is 0.0112. The van der Waals surface area contributed by atoms with Crippen molar-refractivity contribution < 1.29 is 18.3 Å². The zero-order valence-electron chi connectivity index (χ0n) is 10.9. The van der Waals surface area contributed by atoms with Crippen LogP contribution >= 0.6 is 0 Å². The van der Waals surface area contributed by atoms with E-state index in [1.165, 1.54) is 7.11 Å². The smallest absolute Gasteiger partial charge is 0.261 e. The highest BCUT2D eigenvalue weighted by atomic mass is 19.3. The van der Waals surface area contributed by atoms with Gasteiger partial charge in [-0.25, -0.2) is 8.78 Å². The number of halogens is 2. The molecule has 0 unspecified atom stereocenters. The van der Waals surface area contributed by atoms with Crippen molar-refractivity contribution in [1.29, 1.82) is 0 Å². The second-order valence-electron chi connectivity index (χ2n) is 4.64. The lowest BCUT2D eigenvalue weighted by Crippen LogP contribution is -2.29. The second-order valence-corrected chi connectivity index (χ2v) is 4.64. The summed E-state index contributed by atoms with van der Waals surface area (Å²) in [5.41, 5.74) is 6.22. The van der Waals surface area contributed by atoms with E-state index >= 15 is 0 Å². The van der Waals surface area contributed by atoms with Gasteiger partial charge in [0.2, 0.25) is 0 Å². The Kier molecular flexibility index (Phi) is 4.09. The fourth-order valence-electron chi connectivity index (χ4n) is 2.09. The normalized spacial score (nSPS) is 18.5. The van der Waals surface area contributed by atoms with Gasteiger partial charge in [-0.1, -0.05) is 0 Å². The first-order valence-electron chi connectivity index (χ1n) is 6.17. The predicted octanol–water partition coefficient (Wildman–Crippen LogP) is 2.00. The van der Waals surface area contributed by atoms with Crippen LogP contribution in [0.3, 0.4) is 0 Å². The van der Waals surface area contributed by atoms with Gasteiger partial charge in [-0.3, -0.25) is 4.90 Å². The van der Waals surface area contributed by atoms with Gasteiger partial charge in [-0.05, 0) is 12.1 Å². The summed E-state index contributed by atoms with van der Waals surface area (Å²) in [6.45, 7) is 1.05. The molecule has 1 saturated heterocycles. The summed E-state index contributed by atoms with van der Waals surface area (Å²) in [6, 6.07) is 5.09. The summed E-state index contributed by atoms with van der Waals surface area (Å²) in [5.74, 6) is -1.44. The molecule has 1 aromatic rings. The van der Waals surface area contributed by atoms with Crippen LogP contribution in [-0.4, -0.2) is 44.2 Å². The van der Waals surface area contributed by atoms with Crippen LogP contribution in [0.5, 0.6) is 11.5 Å². The summed E-state index contributed by atoms with van der Waals surface area (Å²) in [6.07, 6.45) is -0.0712. The number of benzene rings is 1. The lowest BCUT2D eigenvalue weighted by Gasteiger charge is -2.16. The summed E-state index contributed by atoms with van der Waals surface area (Å²) in [7, 11) is 1.53. The first-order valence-corrected chi connectivity index (χ1v) is 6.17. The first kappa shape index (κ1) is 13.9. The molecule has 0 amide bonds. The second kappa shape index (κ2) is 5.61. The van der Waals surface area contributed by atoms with Crippen LogP contribution in [0.15, 0.2) is 18.2 Å². The molecule has 106 valence electrons. The highest BCUT2D eigenvalue weighted by molar-refractivity contribution is 5.51. The number of nitrogen functional groups attached to an aromatic ring is 1. The molecule has 1 aromatic carbocycles. The van der Waals surface area contributed by atoms with Gasteiger partial charge in [0.15, 0.2) is 11.5 Å². The molecule has 1 aliphatic heterocycles. The molecule has 0 radical (unpaired) electrons. The summed E-state index contributed by atoms with van der Waals surface area (Å²) >= 11 is 0. The molecule has 4 nitrogen and oxygen atoms in total. The van der Waals surface area contributed by atoms with Crippen LogP contribution in [0.1, 0.15) is 6.42 Å². The van der Waals surface area contributed by atoms with Crippen molar-refractivity contribution in [2.24, 2.45) is 0 Å². The monoisotopic (exact) mass is 272 g/mol. The molecule has 6 heteroatoms. The Morgan fingerprint density at radius 2 is 2.16 bits per heavy atom. The Hall–Kier alpha value is -1.56. The number of methoxy groups -OCH3 is 1. The highest BCUT2D eigenvalue weighted by Gasteiger charge is 2.37. The third-order valence-electron chi connectivity index (χ3n) is 3.10. The van der Waals surface area contributed by atoms with Crippen molar-refractivity contribution in [2.45, 2.75) is 12.3 Å². The van der Waals surface area contributed by atoms with Gasteiger partial charge >= 0.3 is 0 Å². The van der Waals surface area contributed by atoms with E-state index < -0.39 is 5.92 Å². The zero-order chi connectivity index (χ0) is 13.9. The van der Waals surface area contributed by atoms with Crippen LogP contribution < -0.4 is 15.2 Å². The maximum absolute atomic E-state index is 13.0. The number of alkyl halides is 2. The number of likely N-dealkylation sites (tertiary alicyclic amines) is 1. The zero-order valence-corrected chi connectivity index (χ0v) is 10.9. The van der Waals surface area contributed by atoms with Gasteiger partial charge in [0, 0.05) is 31.3 Å². The van der Waals surface area contributed by atoms with E-state index in [0.717, 1.165) is 0 Å². The van der Waals surface area contributed by atoms with Gasteiger partial charge in [0.1, 0.15) is 6.61 Å². The molecule has 0 saturated carbocycles. The Morgan fingerprint density at radius 1 is 1.37 bits per heavy atom. The van der Waals surface area contributed by atoms with E-state index in [0.29, 0.717) is 36.9 Å². The fraction of sp³-hybridized carbons (Fsp3) is 0.538. The SMILES string of the molecule is COc1cc(N)ccc1OCCN1CCC(F)(F)C1. The largest absolute Gasteiger partial charge is 0.493 e. The van der Waals surface area contributed by atoms with Crippen molar-refractivity contribution in [3.05, 3.63) is 18.2 Å². The minimum Gasteiger partial charge on any atom is -0.493 e. The summed E-state index contributed by atoms with van der Waals surface area (Å²) < 4.78 is 36.7. The van der Waals surface area contributed by atoms with Crippen molar-refractivity contribution in [2.75, 3.05) is 39.1 Å². The first-order chi connectivity index (χ1) is 9.00. The molecule has 0 atom stereocenters. The van der Waals surface area contributed by atoms with Crippen molar-refractivity contribution in [1.82, 2.24) is 4.90 Å². The third-order valence-corrected chi connectivity index (χ3v) is 3.10. The topological polar surface area (TPSA) is 47.7 Å². The van der Waals surface area contributed by atoms with Crippen LogP contribution in [0.2, 0.25) is 0 Å². The highest BCUT2D eigenvalue weighted by Crippen LogP contribution is 2.29. The molecule has 0 aliphatic carbocycles. The Balaban J connectivity index is 1.83. The van der Waals surface area contributed by atoms with E-state index in [2.05, 4.69) is 0 Å². The molecule has 0 aromatic heterocycles. The molecule has 1 fully saturated rings. The summed E-state index contributed by atoms with van der Waals surface area (Å²) in [4.78, 5) is 1.70. The minimum atomic E-state index is -2.56. The van der Waals surface area contributed by atoms with Crippen molar-refractivity contribution >= 4 is 5.69 Å². The predicted molar refractivity (Wildman–Crippen MR) is 68.9 cm³/mol. The Morgan fingerprint density at radius 3 is 2.79 bits per heavy atom. The van der Waals surface area contributed by atoms with Gasteiger partial charge in [-0.2, -0.15) is 0 Å². The number of nitrogens with zero attached hydrogens (tertiary/aromatic N) is 1. The third kappa shape index (κ3) is 3.70. The molecular weight excluding hydrogens is 254 g/mol. The van der Waals surface area contributed by atoms with E-state index in [4.69, 9.17) is 15.2 Å². The fourth-order valence-corrected chi connectivity index (χ4v) is 2.09. The summed E-state index contributed by atoms with van der Waals surface area (Å²) in [5, 5.41) is 0. The molecule has 19 heavy (non-hydrogen) atoms. The van der Waals surface area contributed by atoms with Crippen molar-refractivity contribution in [3.8, 4) is 11.5 Å². The van der Waals surface area contributed by atoms with Crippen LogP contribution in [-0.2, 0) is 0 Å². The molecule has 2 rings (SSSR count). The number of rotatable bonds is 5. The van der Waals surface area contributed by atoms with E-state index in [-0.39, 0.29) is 13.0 Å². The number of hydrogen-bond donors (Lipinski definition) is 1. The standard InChI is InChI=1S/C13H18F2N2O2/c1-18-12-8-10(16)2-3-11(12)19-7-6-17-5-4-13(14,15)9-17/h2-3,8H,4-7,9,16H2,1H3. The number of anilines is 1. The number of hydrogen-bond acceptors (Lipinski definition) is 4. The van der Waals surface area contributed by atoms with Gasteiger partial charge in [-0.15, -0.1) is 0 Å². The van der Waals surface area contributed by atoms with E-state index in [9.17, 15) is 8.78 Å². The quantitative estimate of drug-likeness (QED) is 0.833. The van der Waals surface area contributed by atoms with Crippen LogP contribution in [0, 0.1) is 0 Å². The Labute approximate surface area is 111 Å². The maximum atomic E-state index is 13.0. The molecule has 1 heterocycles. The molecule has 0 bridgehead atoms. The molecular formula is C13H18F2N2O2. The molecule has 0 spiro atoms. The average molecular weight is 272 g/mol. The minimum absolute atomic E-state index is 0.0712. The van der Waals surface area contributed by atoms with Crippen LogP contribution in [0.25, 0.3) is 0 Å². The number of nitrogens with two attached hydrogens (primary N) is 1. The average Bonchev–Trinajstić information content (AvgIpc) is 2.70. The van der Waals surface area contributed by atoms with E-state index in [1.54, 1.807) is 23.1 Å².